The highest BCUT2D eigenvalue weighted by Crippen LogP contribution is 2.03. The highest BCUT2D eigenvalue weighted by molar-refractivity contribution is 4.74. The summed E-state index contributed by atoms with van der Waals surface area (Å²) in [5.41, 5.74) is 5.40. The molecule has 0 radical (unpaired) electrons. The molecule has 1 aliphatic heterocycles. The van der Waals surface area contributed by atoms with Crippen LogP contribution < -0.4 is 5.73 Å². The second kappa shape index (κ2) is 2.44. The Morgan fingerprint density at radius 2 is 2.38 bits per heavy atom. The van der Waals surface area contributed by atoms with E-state index in [1.807, 2.05) is 0 Å². The second-order valence-electron chi connectivity index (χ2n) is 2.09. The van der Waals surface area contributed by atoms with Gasteiger partial charge in [-0.25, -0.2) is 0 Å². The van der Waals surface area contributed by atoms with Gasteiger partial charge in [-0.2, -0.15) is 0 Å². The molecule has 0 aromatic carbocycles. The minimum absolute atomic E-state index is 0.163. The van der Waals surface area contributed by atoms with E-state index < -0.39 is 0 Å². The van der Waals surface area contributed by atoms with Crippen molar-refractivity contribution in [2.24, 2.45) is 5.73 Å². The van der Waals surface area contributed by atoms with Crippen LogP contribution in [0.15, 0.2) is 0 Å². The van der Waals surface area contributed by atoms with Crippen LogP contribution in [0.2, 0.25) is 0 Å². The van der Waals surface area contributed by atoms with Gasteiger partial charge in [0.25, 0.3) is 0 Å². The van der Waals surface area contributed by atoms with Gasteiger partial charge in [-0.15, -0.1) is 0 Å². The predicted molar refractivity (Wildman–Crippen MR) is 29.4 cm³/mol. The molecular formula is C5H11NO2. The fraction of sp³-hybridized carbons (Fsp3) is 1.00. The highest BCUT2D eigenvalue weighted by atomic mass is 16.5. The molecule has 0 saturated carbocycles. The van der Waals surface area contributed by atoms with E-state index in [1.165, 1.54) is 0 Å². The molecule has 0 amide bonds. The average Bonchev–Trinajstić information content (AvgIpc) is 1.77. The third-order valence-corrected chi connectivity index (χ3v) is 1.36. The molecule has 1 rings (SSSR count). The number of hydrogen-bond acceptors (Lipinski definition) is 3. The van der Waals surface area contributed by atoms with Crippen LogP contribution >= 0.6 is 0 Å². The summed E-state index contributed by atoms with van der Waals surface area (Å²) < 4.78 is 4.97. The van der Waals surface area contributed by atoms with Gasteiger partial charge >= 0.3 is 0 Å². The van der Waals surface area contributed by atoms with E-state index in [2.05, 4.69) is 0 Å². The van der Waals surface area contributed by atoms with E-state index in [-0.39, 0.29) is 12.1 Å². The topological polar surface area (TPSA) is 55.5 Å². The number of ether oxygens (including phenoxy) is 1. The summed E-state index contributed by atoms with van der Waals surface area (Å²) in [4.78, 5) is 0. The lowest BCUT2D eigenvalue weighted by Crippen LogP contribution is -2.43. The summed E-state index contributed by atoms with van der Waals surface area (Å²) in [6.45, 7) is 1.15. The van der Waals surface area contributed by atoms with Crippen molar-refractivity contribution in [2.45, 2.75) is 18.6 Å². The van der Waals surface area contributed by atoms with E-state index >= 15 is 0 Å². The minimum atomic E-state index is -0.344. The third kappa shape index (κ3) is 1.18. The Kier molecular flexibility index (Phi) is 1.83. The maximum absolute atomic E-state index is 8.97. The summed E-state index contributed by atoms with van der Waals surface area (Å²) in [5.74, 6) is 0. The second-order valence-corrected chi connectivity index (χ2v) is 2.09. The number of aliphatic hydroxyl groups excluding tert-OH is 1. The van der Waals surface area contributed by atoms with E-state index in [0.717, 1.165) is 0 Å². The Labute approximate surface area is 48.4 Å². The molecular weight excluding hydrogens is 106 g/mol. The van der Waals surface area contributed by atoms with E-state index in [4.69, 9.17) is 15.6 Å². The number of hydrogen-bond donors (Lipinski definition) is 2. The molecule has 3 N–H and O–H groups in total. The summed E-state index contributed by atoms with van der Waals surface area (Å²) in [6.07, 6.45) is 0.338. The first-order valence-corrected chi connectivity index (χ1v) is 2.82. The van der Waals surface area contributed by atoms with Crippen LogP contribution in [-0.2, 0) is 4.74 Å². The van der Waals surface area contributed by atoms with Crippen LogP contribution in [0.4, 0.5) is 0 Å². The Hall–Kier alpha value is -0.120. The maximum Gasteiger partial charge on any atom is 0.0735 e. The molecule has 0 bridgehead atoms. The molecule has 0 aliphatic carbocycles. The quantitative estimate of drug-likeness (QED) is 0.432. The largest absolute Gasteiger partial charge is 0.391 e. The molecule has 3 heteroatoms. The molecule has 1 unspecified atom stereocenters. The zero-order valence-corrected chi connectivity index (χ0v) is 4.71. The fourth-order valence-electron chi connectivity index (χ4n) is 0.749. The van der Waals surface area contributed by atoms with Gasteiger partial charge < -0.3 is 15.6 Å². The number of aliphatic hydroxyl groups is 1. The zero-order chi connectivity index (χ0) is 5.98. The van der Waals surface area contributed by atoms with Gasteiger partial charge in [0.05, 0.1) is 18.8 Å². The van der Waals surface area contributed by atoms with Gasteiger partial charge in [-0.3, -0.25) is 0 Å². The molecule has 1 fully saturated rings. The normalized spacial score (nSPS) is 39.8. The highest BCUT2D eigenvalue weighted by Gasteiger charge is 2.18. The molecule has 1 aliphatic rings. The van der Waals surface area contributed by atoms with Gasteiger partial charge in [0.2, 0.25) is 0 Å². The van der Waals surface area contributed by atoms with Gasteiger partial charge in [-0.05, 0) is 6.42 Å². The van der Waals surface area contributed by atoms with Crippen molar-refractivity contribution < 1.29 is 9.84 Å². The molecule has 0 spiro atoms. The van der Waals surface area contributed by atoms with Crippen LogP contribution in [0.25, 0.3) is 0 Å². The molecule has 1 heterocycles. The Balaban J connectivity index is 2.28. The first-order chi connectivity index (χ1) is 3.80. The van der Waals surface area contributed by atoms with E-state index in [0.29, 0.717) is 19.6 Å². The van der Waals surface area contributed by atoms with Gasteiger partial charge in [-0.1, -0.05) is 0 Å². The van der Waals surface area contributed by atoms with Crippen molar-refractivity contribution in [1.82, 2.24) is 0 Å². The lowest BCUT2D eigenvalue weighted by molar-refractivity contribution is -0.00319. The first kappa shape index (κ1) is 6.01. The number of nitrogens with two attached hydrogens (primary N) is 1. The molecule has 1 saturated heterocycles. The van der Waals surface area contributed by atoms with Crippen molar-refractivity contribution in [2.75, 3.05) is 13.2 Å². The molecule has 0 aromatic heterocycles. The Morgan fingerprint density at radius 1 is 1.62 bits per heavy atom. The van der Waals surface area contributed by atoms with Gasteiger partial charge in [0, 0.05) is 6.61 Å². The molecule has 8 heavy (non-hydrogen) atoms. The fourth-order valence-corrected chi connectivity index (χ4v) is 0.749. The van der Waals surface area contributed by atoms with Crippen molar-refractivity contribution >= 4 is 0 Å². The van der Waals surface area contributed by atoms with Gasteiger partial charge in [0.1, 0.15) is 0 Å². The maximum atomic E-state index is 8.97. The SMILES string of the molecule is N[C@@H]1COCCC1O. The monoisotopic (exact) mass is 117 g/mol. The average molecular weight is 117 g/mol. The van der Waals surface area contributed by atoms with Crippen molar-refractivity contribution in [3.05, 3.63) is 0 Å². The smallest absolute Gasteiger partial charge is 0.0735 e. The Bertz CT molecular complexity index is 66.8. The number of rotatable bonds is 0. The van der Waals surface area contributed by atoms with E-state index in [1.54, 1.807) is 0 Å². The summed E-state index contributed by atoms with van der Waals surface area (Å²) >= 11 is 0. The summed E-state index contributed by atoms with van der Waals surface area (Å²) in [7, 11) is 0. The van der Waals surface area contributed by atoms with Gasteiger partial charge in [0.15, 0.2) is 0 Å². The Morgan fingerprint density at radius 3 is 2.75 bits per heavy atom. The van der Waals surface area contributed by atoms with Crippen LogP contribution in [0, 0.1) is 0 Å². The molecule has 48 valence electrons. The lowest BCUT2D eigenvalue weighted by Gasteiger charge is -2.23. The molecule has 2 atom stereocenters. The molecule has 0 aromatic rings. The van der Waals surface area contributed by atoms with Crippen molar-refractivity contribution in [3.8, 4) is 0 Å². The molecule has 3 nitrogen and oxygen atoms in total. The van der Waals surface area contributed by atoms with Crippen LogP contribution in [0.1, 0.15) is 6.42 Å². The lowest BCUT2D eigenvalue weighted by atomic mass is 10.1. The zero-order valence-electron chi connectivity index (χ0n) is 4.71. The first-order valence-electron chi connectivity index (χ1n) is 2.82. The third-order valence-electron chi connectivity index (χ3n) is 1.36. The standard InChI is InChI=1S/C5H11NO2/c6-4-3-8-2-1-5(4)7/h4-5,7H,1-3,6H2/t4-,5?/m1/s1. The van der Waals surface area contributed by atoms with Crippen LogP contribution in [0.3, 0.4) is 0 Å². The van der Waals surface area contributed by atoms with E-state index in [9.17, 15) is 0 Å². The van der Waals surface area contributed by atoms with Crippen molar-refractivity contribution in [1.29, 1.82) is 0 Å². The summed E-state index contributed by atoms with van der Waals surface area (Å²) in [6, 6.07) is -0.163. The minimum Gasteiger partial charge on any atom is -0.391 e. The van der Waals surface area contributed by atoms with Crippen LogP contribution in [0.5, 0.6) is 0 Å². The van der Waals surface area contributed by atoms with Crippen LogP contribution in [-0.4, -0.2) is 30.5 Å². The van der Waals surface area contributed by atoms with Crippen molar-refractivity contribution in [3.63, 3.8) is 0 Å². The summed E-state index contributed by atoms with van der Waals surface area (Å²) in [5, 5.41) is 8.97. The predicted octanol–water partition coefficient (Wildman–Crippen LogP) is -0.905.